The first-order chi connectivity index (χ1) is 8.31. The summed E-state index contributed by atoms with van der Waals surface area (Å²) < 4.78 is 13.1. The molecule has 0 spiro atoms. The number of hydrogen-bond donors (Lipinski definition) is 3. The van der Waals surface area contributed by atoms with E-state index in [1.807, 2.05) is 0 Å². The van der Waals surface area contributed by atoms with Crippen LogP contribution in [-0.2, 0) is 4.79 Å². The van der Waals surface area contributed by atoms with Crippen LogP contribution in [0.4, 0.5) is 10.1 Å². The number of aliphatic hydroxyl groups excluding tert-OH is 2. The van der Waals surface area contributed by atoms with Crippen LogP contribution in [0.5, 0.6) is 0 Å². The number of nitrogens with zero attached hydrogens (tertiary/aromatic N) is 1. The number of carboxylic acid groups (broad SMARTS) is 1. The third-order valence-electron chi connectivity index (χ3n) is 2.21. The van der Waals surface area contributed by atoms with Crippen molar-refractivity contribution in [3.63, 3.8) is 0 Å². The first kappa shape index (κ1) is 14.0. The summed E-state index contributed by atoms with van der Waals surface area (Å²) in [5, 5.41) is 37.8. The van der Waals surface area contributed by atoms with Crippen molar-refractivity contribution < 1.29 is 29.4 Å². The van der Waals surface area contributed by atoms with Gasteiger partial charge in [0.1, 0.15) is 11.9 Å². The third-order valence-corrected chi connectivity index (χ3v) is 2.21. The van der Waals surface area contributed by atoms with Crippen LogP contribution in [0.25, 0.3) is 0 Å². The van der Waals surface area contributed by atoms with Crippen LogP contribution in [0.2, 0.25) is 0 Å². The molecule has 7 nitrogen and oxygen atoms in total. The molecule has 0 heterocycles. The van der Waals surface area contributed by atoms with Gasteiger partial charge >= 0.3 is 5.97 Å². The van der Waals surface area contributed by atoms with Crippen LogP contribution in [0.15, 0.2) is 18.2 Å². The van der Waals surface area contributed by atoms with Gasteiger partial charge < -0.3 is 15.3 Å². The van der Waals surface area contributed by atoms with Gasteiger partial charge in [-0.25, -0.2) is 4.39 Å². The number of nitro benzene ring substituents is 1. The highest BCUT2D eigenvalue weighted by Gasteiger charge is 2.23. The van der Waals surface area contributed by atoms with Gasteiger partial charge in [0.05, 0.1) is 23.5 Å². The Morgan fingerprint density at radius 3 is 2.50 bits per heavy atom. The molecule has 98 valence electrons. The fraction of sp³-hybridized carbons (Fsp3) is 0.300. The Morgan fingerprint density at radius 1 is 1.39 bits per heavy atom. The fourth-order valence-corrected chi connectivity index (χ4v) is 1.39. The minimum absolute atomic E-state index is 0.254. The average molecular weight is 259 g/mol. The van der Waals surface area contributed by atoms with E-state index in [1.165, 1.54) is 0 Å². The number of aliphatic hydroxyl groups is 2. The van der Waals surface area contributed by atoms with Gasteiger partial charge in [-0.3, -0.25) is 14.9 Å². The van der Waals surface area contributed by atoms with Crippen LogP contribution in [-0.4, -0.2) is 32.3 Å². The predicted octanol–water partition coefficient (Wildman–Crippen LogP) is 0.603. The van der Waals surface area contributed by atoms with Gasteiger partial charge in [-0.15, -0.1) is 0 Å². The summed E-state index contributed by atoms with van der Waals surface area (Å²) in [6.45, 7) is 0. The molecule has 0 aromatic heterocycles. The number of rotatable bonds is 5. The zero-order chi connectivity index (χ0) is 13.9. The minimum atomic E-state index is -1.71. The molecule has 0 radical (unpaired) electrons. The molecule has 0 aliphatic rings. The van der Waals surface area contributed by atoms with E-state index in [4.69, 9.17) is 5.11 Å². The summed E-state index contributed by atoms with van der Waals surface area (Å²) in [7, 11) is 0. The summed E-state index contributed by atoms with van der Waals surface area (Å²) in [5.41, 5.74) is -0.845. The maximum Gasteiger partial charge on any atom is 0.306 e. The quantitative estimate of drug-likeness (QED) is 0.526. The van der Waals surface area contributed by atoms with E-state index in [9.17, 15) is 29.5 Å². The van der Waals surface area contributed by atoms with Crippen LogP contribution < -0.4 is 0 Å². The Labute approximate surface area is 100 Å². The van der Waals surface area contributed by atoms with Crippen molar-refractivity contribution >= 4 is 11.7 Å². The summed E-state index contributed by atoms with van der Waals surface area (Å²) >= 11 is 0. The Kier molecular flexibility index (Phi) is 4.29. The van der Waals surface area contributed by atoms with E-state index in [1.54, 1.807) is 0 Å². The second-order valence-corrected chi connectivity index (χ2v) is 3.61. The maximum absolute atomic E-state index is 13.1. The van der Waals surface area contributed by atoms with Crippen molar-refractivity contribution in [2.24, 2.45) is 0 Å². The average Bonchev–Trinajstić information content (AvgIpc) is 2.26. The standard InChI is InChI=1S/C10H10FNO6/c11-6-1-5(2-7(3-6)12(17)18)10(16)8(13)4-9(14)15/h1-3,8,10,13,16H,4H2,(H,14,15). The molecule has 0 amide bonds. The summed E-state index contributed by atoms with van der Waals surface area (Å²) in [4.78, 5) is 20.0. The molecular formula is C10H10FNO6. The van der Waals surface area contributed by atoms with Gasteiger partial charge in [-0.1, -0.05) is 0 Å². The molecular weight excluding hydrogens is 249 g/mol. The molecule has 0 aliphatic heterocycles. The van der Waals surface area contributed by atoms with E-state index >= 15 is 0 Å². The molecule has 1 rings (SSSR count). The monoisotopic (exact) mass is 259 g/mol. The molecule has 0 saturated carbocycles. The highest BCUT2D eigenvalue weighted by atomic mass is 19.1. The number of halogens is 1. The molecule has 1 aromatic rings. The lowest BCUT2D eigenvalue weighted by molar-refractivity contribution is -0.385. The maximum atomic E-state index is 13.1. The fourth-order valence-electron chi connectivity index (χ4n) is 1.39. The van der Waals surface area contributed by atoms with E-state index in [0.29, 0.717) is 6.07 Å². The number of non-ortho nitro benzene ring substituents is 1. The Balaban J connectivity index is 3.01. The topological polar surface area (TPSA) is 121 Å². The van der Waals surface area contributed by atoms with Crippen molar-refractivity contribution in [3.05, 3.63) is 39.7 Å². The molecule has 2 atom stereocenters. The number of benzene rings is 1. The molecule has 3 N–H and O–H groups in total. The van der Waals surface area contributed by atoms with Crippen molar-refractivity contribution in [3.8, 4) is 0 Å². The molecule has 18 heavy (non-hydrogen) atoms. The van der Waals surface area contributed by atoms with Crippen LogP contribution in [0, 0.1) is 15.9 Å². The molecule has 0 fully saturated rings. The Bertz CT molecular complexity index is 477. The SMILES string of the molecule is O=C(O)CC(O)C(O)c1cc(F)cc([N+](=O)[O-])c1. The van der Waals surface area contributed by atoms with Crippen molar-refractivity contribution in [2.75, 3.05) is 0 Å². The van der Waals surface area contributed by atoms with E-state index in [0.717, 1.165) is 12.1 Å². The minimum Gasteiger partial charge on any atom is -0.481 e. The van der Waals surface area contributed by atoms with E-state index in [2.05, 4.69) is 0 Å². The lowest BCUT2D eigenvalue weighted by Crippen LogP contribution is -2.22. The van der Waals surface area contributed by atoms with Gasteiger partial charge in [0.15, 0.2) is 0 Å². The predicted molar refractivity (Wildman–Crippen MR) is 56.3 cm³/mol. The molecule has 0 bridgehead atoms. The Hall–Kier alpha value is -2.06. The highest BCUT2D eigenvalue weighted by Crippen LogP contribution is 2.24. The number of carbonyl (C=O) groups is 1. The lowest BCUT2D eigenvalue weighted by Gasteiger charge is -2.16. The number of aliphatic carboxylic acids is 1. The summed E-state index contributed by atoms with van der Waals surface area (Å²) in [6.07, 6.45) is -4.15. The summed E-state index contributed by atoms with van der Waals surface area (Å²) in [6, 6.07) is 2.32. The summed E-state index contributed by atoms with van der Waals surface area (Å²) in [5.74, 6) is -2.31. The number of hydrogen-bond acceptors (Lipinski definition) is 5. The van der Waals surface area contributed by atoms with Crippen molar-refractivity contribution in [1.82, 2.24) is 0 Å². The third kappa shape index (κ3) is 3.47. The number of nitro groups is 1. The van der Waals surface area contributed by atoms with Gasteiger partial charge in [-0.05, 0) is 11.6 Å². The Morgan fingerprint density at radius 2 is 2.00 bits per heavy atom. The van der Waals surface area contributed by atoms with Crippen molar-refractivity contribution in [1.29, 1.82) is 0 Å². The molecule has 8 heteroatoms. The molecule has 2 unspecified atom stereocenters. The zero-order valence-corrected chi connectivity index (χ0v) is 8.99. The number of carboxylic acids is 1. The van der Waals surface area contributed by atoms with Crippen molar-refractivity contribution in [2.45, 2.75) is 18.6 Å². The molecule has 0 aliphatic carbocycles. The first-order valence-electron chi connectivity index (χ1n) is 4.84. The first-order valence-corrected chi connectivity index (χ1v) is 4.84. The zero-order valence-electron chi connectivity index (χ0n) is 8.99. The van der Waals surface area contributed by atoms with Crippen LogP contribution in [0.1, 0.15) is 18.1 Å². The molecule has 0 saturated heterocycles. The smallest absolute Gasteiger partial charge is 0.306 e. The highest BCUT2D eigenvalue weighted by molar-refractivity contribution is 5.67. The largest absolute Gasteiger partial charge is 0.481 e. The van der Waals surface area contributed by atoms with E-state index < -0.39 is 41.0 Å². The van der Waals surface area contributed by atoms with Crippen LogP contribution in [0.3, 0.4) is 0 Å². The second-order valence-electron chi connectivity index (χ2n) is 3.61. The lowest BCUT2D eigenvalue weighted by atomic mass is 10.0. The van der Waals surface area contributed by atoms with Crippen LogP contribution >= 0.6 is 0 Å². The van der Waals surface area contributed by atoms with Gasteiger partial charge in [0, 0.05) is 6.07 Å². The van der Waals surface area contributed by atoms with Gasteiger partial charge in [0.25, 0.3) is 5.69 Å². The normalized spacial score (nSPS) is 13.9. The molecule has 1 aromatic carbocycles. The second kappa shape index (κ2) is 5.52. The van der Waals surface area contributed by atoms with E-state index in [-0.39, 0.29) is 5.56 Å². The van der Waals surface area contributed by atoms with Gasteiger partial charge in [-0.2, -0.15) is 0 Å². The van der Waals surface area contributed by atoms with Gasteiger partial charge in [0.2, 0.25) is 0 Å².